The third-order valence-electron chi connectivity index (χ3n) is 2.38. The molecule has 0 bridgehead atoms. The average molecular weight is 269 g/mol. The lowest BCUT2D eigenvalue weighted by molar-refractivity contribution is 0.0553. The standard InChI is InChI=1S/C11H9ClN2O4/c1-17-10(15)8-6-4-3-5-7(12)14(6)13-9(8)11(16)18-2/h3-5H,1-2H3. The minimum absolute atomic E-state index is 0.0341. The minimum atomic E-state index is -0.727. The first kappa shape index (κ1) is 12.4. The molecule has 0 aliphatic rings. The molecule has 0 saturated heterocycles. The molecule has 0 aromatic carbocycles. The fourth-order valence-electron chi connectivity index (χ4n) is 1.58. The molecule has 0 unspecified atom stereocenters. The summed E-state index contributed by atoms with van der Waals surface area (Å²) in [4.78, 5) is 23.3. The molecule has 0 aliphatic heterocycles. The van der Waals surface area contributed by atoms with E-state index in [1.165, 1.54) is 18.7 Å². The monoisotopic (exact) mass is 268 g/mol. The van der Waals surface area contributed by atoms with Crippen molar-refractivity contribution < 1.29 is 19.1 Å². The van der Waals surface area contributed by atoms with Crippen LogP contribution in [0.1, 0.15) is 20.8 Å². The van der Waals surface area contributed by atoms with Gasteiger partial charge in [-0.1, -0.05) is 17.7 Å². The fraction of sp³-hybridized carbons (Fsp3) is 0.182. The minimum Gasteiger partial charge on any atom is -0.465 e. The maximum Gasteiger partial charge on any atom is 0.359 e. The van der Waals surface area contributed by atoms with Crippen LogP contribution in [0.25, 0.3) is 5.52 Å². The maximum absolute atomic E-state index is 11.7. The van der Waals surface area contributed by atoms with Crippen molar-refractivity contribution in [1.29, 1.82) is 0 Å². The highest BCUT2D eigenvalue weighted by Gasteiger charge is 2.26. The van der Waals surface area contributed by atoms with Gasteiger partial charge in [-0.25, -0.2) is 14.1 Å². The van der Waals surface area contributed by atoms with Crippen molar-refractivity contribution in [3.8, 4) is 0 Å². The van der Waals surface area contributed by atoms with Gasteiger partial charge in [-0.2, -0.15) is 5.10 Å². The van der Waals surface area contributed by atoms with Gasteiger partial charge in [0.05, 0.1) is 19.7 Å². The van der Waals surface area contributed by atoms with Crippen LogP contribution in [-0.4, -0.2) is 35.8 Å². The zero-order valence-corrected chi connectivity index (χ0v) is 10.4. The number of rotatable bonds is 2. The molecule has 2 aromatic rings. The van der Waals surface area contributed by atoms with E-state index in [9.17, 15) is 9.59 Å². The number of fused-ring (bicyclic) bond motifs is 1. The third-order valence-corrected chi connectivity index (χ3v) is 2.67. The molecule has 0 N–H and O–H groups in total. The highest BCUT2D eigenvalue weighted by atomic mass is 35.5. The number of hydrogen-bond acceptors (Lipinski definition) is 5. The van der Waals surface area contributed by atoms with Crippen molar-refractivity contribution >= 4 is 29.1 Å². The highest BCUT2D eigenvalue weighted by molar-refractivity contribution is 6.29. The quantitative estimate of drug-likeness (QED) is 0.611. The Bertz CT molecular complexity index is 635. The Labute approximate surface area is 107 Å². The second-order valence-corrected chi connectivity index (χ2v) is 3.74. The topological polar surface area (TPSA) is 69.9 Å². The number of carbonyl (C=O) groups is 2. The van der Waals surface area contributed by atoms with Gasteiger partial charge in [-0.15, -0.1) is 0 Å². The zero-order valence-electron chi connectivity index (χ0n) is 9.64. The molecule has 2 aromatic heterocycles. The van der Waals surface area contributed by atoms with Crippen molar-refractivity contribution in [2.24, 2.45) is 0 Å². The summed E-state index contributed by atoms with van der Waals surface area (Å²) in [5.41, 5.74) is 0.291. The molecule has 0 radical (unpaired) electrons. The number of esters is 2. The molecule has 18 heavy (non-hydrogen) atoms. The van der Waals surface area contributed by atoms with Crippen LogP contribution in [0.2, 0.25) is 5.15 Å². The summed E-state index contributed by atoms with van der Waals surface area (Å²) in [5.74, 6) is -1.40. The smallest absolute Gasteiger partial charge is 0.359 e. The molecule has 0 saturated carbocycles. The van der Waals surface area contributed by atoms with E-state index in [4.69, 9.17) is 11.6 Å². The molecule has 2 rings (SSSR count). The van der Waals surface area contributed by atoms with Gasteiger partial charge in [0.2, 0.25) is 0 Å². The normalized spacial score (nSPS) is 10.4. The number of methoxy groups -OCH3 is 2. The zero-order chi connectivity index (χ0) is 13.3. The molecular weight excluding hydrogens is 260 g/mol. The Balaban J connectivity index is 2.80. The summed E-state index contributed by atoms with van der Waals surface area (Å²) in [6.07, 6.45) is 0. The van der Waals surface area contributed by atoms with Crippen molar-refractivity contribution in [3.05, 3.63) is 34.6 Å². The Morgan fingerprint density at radius 1 is 1.22 bits per heavy atom. The molecule has 0 atom stereocenters. The predicted octanol–water partition coefficient (Wildman–Crippen LogP) is 1.56. The SMILES string of the molecule is COC(=O)c1nn2c(Cl)cccc2c1C(=O)OC. The van der Waals surface area contributed by atoms with Crippen LogP contribution in [-0.2, 0) is 9.47 Å². The van der Waals surface area contributed by atoms with E-state index in [0.717, 1.165) is 0 Å². The third kappa shape index (κ3) is 1.80. The second kappa shape index (κ2) is 4.66. The Hall–Kier alpha value is -2.08. The van der Waals surface area contributed by atoms with E-state index in [2.05, 4.69) is 14.6 Å². The molecule has 0 amide bonds. The highest BCUT2D eigenvalue weighted by Crippen LogP contribution is 2.21. The maximum atomic E-state index is 11.7. The van der Waals surface area contributed by atoms with Crippen LogP contribution < -0.4 is 0 Å². The largest absolute Gasteiger partial charge is 0.465 e. The molecular formula is C11H9ClN2O4. The Morgan fingerprint density at radius 3 is 2.50 bits per heavy atom. The summed E-state index contributed by atoms with van der Waals surface area (Å²) in [7, 11) is 2.42. The number of halogens is 1. The first-order chi connectivity index (χ1) is 8.60. The molecule has 7 heteroatoms. The van der Waals surface area contributed by atoms with Crippen LogP contribution in [0, 0.1) is 0 Å². The summed E-state index contributed by atoms with van der Waals surface area (Å²) in [5, 5.41) is 4.23. The van der Waals surface area contributed by atoms with Crippen LogP contribution in [0.15, 0.2) is 18.2 Å². The summed E-state index contributed by atoms with van der Waals surface area (Å²) < 4.78 is 10.5. The van der Waals surface area contributed by atoms with E-state index in [1.54, 1.807) is 18.2 Å². The van der Waals surface area contributed by atoms with Crippen LogP contribution >= 0.6 is 11.6 Å². The van der Waals surface area contributed by atoms with Crippen LogP contribution in [0.3, 0.4) is 0 Å². The second-order valence-electron chi connectivity index (χ2n) is 3.35. The lowest BCUT2D eigenvalue weighted by atomic mass is 10.2. The van der Waals surface area contributed by atoms with Crippen molar-refractivity contribution in [2.75, 3.05) is 14.2 Å². The summed E-state index contributed by atoms with van der Waals surface area (Å²) >= 11 is 5.93. The van der Waals surface area contributed by atoms with Crippen molar-refractivity contribution in [1.82, 2.24) is 9.61 Å². The van der Waals surface area contributed by atoms with Gasteiger partial charge in [-0.3, -0.25) is 0 Å². The van der Waals surface area contributed by atoms with Crippen LogP contribution in [0.4, 0.5) is 0 Å². The number of nitrogens with zero attached hydrogens (tertiary/aromatic N) is 2. The van der Waals surface area contributed by atoms with E-state index >= 15 is 0 Å². The van der Waals surface area contributed by atoms with Gasteiger partial charge in [0.1, 0.15) is 10.7 Å². The number of carbonyl (C=O) groups excluding carboxylic acids is 2. The fourth-order valence-corrected chi connectivity index (χ4v) is 1.78. The molecule has 0 fully saturated rings. The first-order valence-corrected chi connectivity index (χ1v) is 5.31. The number of pyridine rings is 1. The molecule has 0 spiro atoms. The predicted molar refractivity (Wildman–Crippen MR) is 62.9 cm³/mol. The Morgan fingerprint density at radius 2 is 1.89 bits per heavy atom. The van der Waals surface area contributed by atoms with E-state index < -0.39 is 11.9 Å². The summed E-state index contributed by atoms with van der Waals surface area (Å²) in [6, 6.07) is 4.84. The molecule has 0 aliphatic carbocycles. The average Bonchev–Trinajstić information content (AvgIpc) is 2.77. The number of ether oxygens (including phenoxy) is 2. The van der Waals surface area contributed by atoms with Gasteiger partial charge in [0, 0.05) is 0 Å². The molecule has 2 heterocycles. The lowest BCUT2D eigenvalue weighted by Crippen LogP contribution is -2.10. The summed E-state index contributed by atoms with van der Waals surface area (Å²) in [6.45, 7) is 0. The number of aromatic nitrogens is 2. The Kier molecular flexibility index (Phi) is 3.20. The van der Waals surface area contributed by atoms with Gasteiger partial charge in [0.25, 0.3) is 0 Å². The van der Waals surface area contributed by atoms with E-state index in [1.807, 2.05) is 0 Å². The lowest BCUT2D eigenvalue weighted by Gasteiger charge is -1.99. The van der Waals surface area contributed by atoms with Gasteiger partial charge < -0.3 is 9.47 Å². The first-order valence-electron chi connectivity index (χ1n) is 4.94. The van der Waals surface area contributed by atoms with Crippen LogP contribution in [0.5, 0.6) is 0 Å². The number of hydrogen-bond donors (Lipinski definition) is 0. The molecule has 94 valence electrons. The van der Waals surface area contributed by atoms with Crippen molar-refractivity contribution in [2.45, 2.75) is 0 Å². The van der Waals surface area contributed by atoms with E-state index in [-0.39, 0.29) is 16.4 Å². The van der Waals surface area contributed by atoms with E-state index in [0.29, 0.717) is 5.52 Å². The van der Waals surface area contributed by atoms with Crippen molar-refractivity contribution in [3.63, 3.8) is 0 Å². The molecule has 6 nitrogen and oxygen atoms in total. The van der Waals surface area contributed by atoms with Gasteiger partial charge in [0.15, 0.2) is 5.69 Å². The van der Waals surface area contributed by atoms with Gasteiger partial charge >= 0.3 is 11.9 Å². The van der Waals surface area contributed by atoms with Gasteiger partial charge in [-0.05, 0) is 12.1 Å².